The van der Waals surface area contributed by atoms with Crippen molar-refractivity contribution < 1.29 is 32.3 Å². The van der Waals surface area contributed by atoms with E-state index in [2.05, 4.69) is 10.1 Å². The molecule has 1 aliphatic heterocycles. The molecule has 30 heavy (non-hydrogen) atoms. The average Bonchev–Trinajstić information content (AvgIpc) is 3.29. The molecule has 3 aromatic rings. The van der Waals surface area contributed by atoms with E-state index >= 15 is 0 Å². The lowest BCUT2D eigenvalue weighted by Gasteiger charge is -2.07. The number of fused-ring (bicyclic) bond motifs is 1. The molecule has 152 valence electrons. The van der Waals surface area contributed by atoms with Gasteiger partial charge in [0.15, 0.2) is 11.6 Å². The Balaban J connectivity index is 1.68. The number of nitrogens with one attached hydrogen (secondary N) is 1. The first-order valence-electron chi connectivity index (χ1n) is 8.78. The SMILES string of the molecule is O=C1C=C(NC(=O)C(=O)c2cn(Cc3cc(F)c(F)cc3F)c3ccccc23)CO1. The number of Topliss-reactive ketones (excluding diaryl/α,β-unsaturated/α-hetero) is 1. The van der Waals surface area contributed by atoms with E-state index in [1.165, 1.54) is 10.8 Å². The molecule has 0 aliphatic carbocycles. The van der Waals surface area contributed by atoms with Crippen molar-refractivity contribution in [2.75, 3.05) is 6.61 Å². The third kappa shape index (κ3) is 3.57. The normalized spacial score (nSPS) is 13.3. The van der Waals surface area contributed by atoms with Crippen molar-refractivity contribution in [1.82, 2.24) is 9.88 Å². The molecule has 1 aromatic heterocycles. The van der Waals surface area contributed by atoms with E-state index in [0.29, 0.717) is 17.0 Å². The van der Waals surface area contributed by atoms with Gasteiger partial charge in [-0.25, -0.2) is 18.0 Å². The molecule has 6 nitrogen and oxygen atoms in total. The molecule has 0 radical (unpaired) electrons. The maximum Gasteiger partial charge on any atom is 0.333 e. The number of nitrogens with zero attached hydrogens (tertiary/aromatic N) is 1. The van der Waals surface area contributed by atoms with Crippen molar-refractivity contribution in [3.05, 3.63) is 82.9 Å². The fraction of sp³-hybridized carbons (Fsp3) is 0.0952. The van der Waals surface area contributed by atoms with Crippen molar-refractivity contribution in [3.8, 4) is 0 Å². The van der Waals surface area contributed by atoms with Gasteiger partial charge in [-0.3, -0.25) is 9.59 Å². The van der Waals surface area contributed by atoms with Crippen LogP contribution in [0, 0.1) is 17.5 Å². The largest absolute Gasteiger partial charge is 0.456 e. The predicted octanol–water partition coefficient (Wildman–Crippen LogP) is 2.85. The van der Waals surface area contributed by atoms with Gasteiger partial charge in [0.05, 0.1) is 17.8 Å². The van der Waals surface area contributed by atoms with Crippen LogP contribution in [0.3, 0.4) is 0 Å². The van der Waals surface area contributed by atoms with Crippen LogP contribution in [0.15, 0.2) is 54.4 Å². The van der Waals surface area contributed by atoms with Crippen molar-refractivity contribution in [3.63, 3.8) is 0 Å². The van der Waals surface area contributed by atoms with Crippen LogP contribution in [0.5, 0.6) is 0 Å². The van der Waals surface area contributed by atoms with Crippen LogP contribution in [-0.4, -0.2) is 28.8 Å². The summed E-state index contributed by atoms with van der Waals surface area (Å²) in [5.41, 5.74) is 0.573. The monoisotopic (exact) mass is 414 g/mol. The standard InChI is InChI=1S/C21H13F3N2O4/c22-15-7-17(24)16(23)5-11(15)8-26-9-14(13-3-1-2-4-18(13)26)20(28)21(29)25-12-6-19(27)30-10-12/h1-7,9H,8,10H2,(H,25,29). The van der Waals surface area contributed by atoms with Crippen LogP contribution in [0.2, 0.25) is 0 Å². The topological polar surface area (TPSA) is 77.4 Å². The number of hydrogen-bond donors (Lipinski definition) is 1. The number of para-hydroxylation sites is 1. The second-order valence-electron chi connectivity index (χ2n) is 6.61. The molecule has 4 rings (SSSR count). The lowest BCUT2D eigenvalue weighted by atomic mass is 10.1. The van der Waals surface area contributed by atoms with Gasteiger partial charge >= 0.3 is 5.97 Å². The number of amides is 1. The molecule has 0 spiro atoms. The van der Waals surface area contributed by atoms with E-state index in [-0.39, 0.29) is 30.0 Å². The van der Waals surface area contributed by atoms with Crippen molar-refractivity contribution in [1.29, 1.82) is 0 Å². The number of ketones is 1. The number of halogens is 3. The molecule has 0 saturated carbocycles. The number of esters is 1. The molecule has 1 aliphatic rings. The van der Waals surface area contributed by atoms with Gasteiger partial charge in [-0.2, -0.15) is 0 Å². The van der Waals surface area contributed by atoms with Crippen LogP contribution < -0.4 is 5.32 Å². The van der Waals surface area contributed by atoms with E-state index in [4.69, 9.17) is 0 Å². The Bertz CT molecular complexity index is 1250. The molecule has 0 bridgehead atoms. The first-order chi connectivity index (χ1) is 14.3. The quantitative estimate of drug-likeness (QED) is 0.302. The number of rotatable bonds is 5. The van der Waals surface area contributed by atoms with Gasteiger partial charge in [0, 0.05) is 34.8 Å². The molecule has 1 N–H and O–H groups in total. The van der Waals surface area contributed by atoms with E-state index in [9.17, 15) is 27.6 Å². The summed E-state index contributed by atoms with van der Waals surface area (Å²) in [6.07, 6.45) is 2.41. The third-order valence-electron chi connectivity index (χ3n) is 4.61. The summed E-state index contributed by atoms with van der Waals surface area (Å²) in [6.45, 7) is -0.332. The molecule has 0 fully saturated rings. The highest BCUT2D eigenvalue weighted by Gasteiger charge is 2.24. The molecule has 0 unspecified atom stereocenters. The van der Waals surface area contributed by atoms with Gasteiger partial charge in [-0.05, 0) is 12.1 Å². The number of carbonyl (C=O) groups is 3. The van der Waals surface area contributed by atoms with Crippen LogP contribution in [0.1, 0.15) is 15.9 Å². The maximum absolute atomic E-state index is 14.1. The van der Waals surface area contributed by atoms with Gasteiger partial charge in [0.25, 0.3) is 11.7 Å². The highest BCUT2D eigenvalue weighted by molar-refractivity contribution is 6.45. The zero-order chi connectivity index (χ0) is 21.4. The molecule has 2 heterocycles. The molecule has 1 amide bonds. The van der Waals surface area contributed by atoms with Gasteiger partial charge < -0.3 is 14.6 Å². The highest BCUT2D eigenvalue weighted by atomic mass is 19.2. The van der Waals surface area contributed by atoms with Gasteiger partial charge in [0.1, 0.15) is 12.4 Å². The average molecular weight is 414 g/mol. The van der Waals surface area contributed by atoms with E-state index in [1.54, 1.807) is 24.3 Å². The Kier molecular flexibility index (Phi) is 4.86. The Labute approximate surface area is 167 Å². The van der Waals surface area contributed by atoms with Crippen LogP contribution in [0.25, 0.3) is 10.9 Å². The molecule has 9 heteroatoms. The van der Waals surface area contributed by atoms with E-state index < -0.39 is 35.1 Å². The minimum Gasteiger partial charge on any atom is -0.456 e. The van der Waals surface area contributed by atoms with E-state index in [0.717, 1.165) is 12.1 Å². The summed E-state index contributed by atoms with van der Waals surface area (Å²) in [7, 11) is 0. The summed E-state index contributed by atoms with van der Waals surface area (Å²) in [5.74, 6) is -5.90. The Hall–Kier alpha value is -3.88. The minimum atomic E-state index is -1.30. The van der Waals surface area contributed by atoms with Gasteiger partial charge in [-0.15, -0.1) is 0 Å². The lowest BCUT2D eigenvalue weighted by molar-refractivity contribution is -0.135. The van der Waals surface area contributed by atoms with Crippen LogP contribution >= 0.6 is 0 Å². The summed E-state index contributed by atoms with van der Waals surface area (Å²) in [4.78, 5) is 36.1. The lowest BCUT2D eigenvalue weighted by Crippen LogP contribution is -2.31. The summed E-state index contributed by atoms with van der Waals surface area (Å²) < 4.78 is 46.9. The number of cyclic esters (lactones) is 1. The van der Waals surface area contributed by atoms with Gasteiger partial charge in [-0.1, -0.05) is 18.2 Å². The number of hydrogen-bond acceptors (Lipinski definition) is 4. The highest BCUT2D eigenvalue weighted by Crippen LogP contribution is 2.24. The van der Waals surface area contributed by atoms with Crippen molar-refractivity contribution >= 4 is 28.6 Å². The number of aromatic nitrogens is 1. The third-order valence-corrected chi connectivity index (χ3v) is 4.61. The smallest absolute Gasteiger partial charge is 0.333 e. The molecule has 2 aromatic carbocycles. The van der Waals surface area contributed by atoms with E-state index in [1.807, 2.05) is 0 Å². The summed E-state index contributed by atoms with van der Waals surface area (Å²) >= 11 is 0. The maximum atomic E-state index is 14.1. The van der Waals surface area contributed by atoms with Crippen molar-refractivity contribution in [2.45, 2.75) is 6.54 Å². The van der Waals surface area contributed by atoms with Gasteiger partial charge in [0.2, 0.25) is 0 Å². The number of ether oxygens (including phenoxy) is 1. The van der Waals surface area contributed by atoms with Crippen LogP contribution in [-0.2, 0) is 20.9 Å². The minimum absolute atomic E-state index is 0.0388. The Morgan fingerprint density at radius 3 is 2.53 bits per heavy atom. The predicted molar refractivity (Wildman–Crippen MR) is 98.9 cm³/mol. The van der Waals surface area contributed by atoms with Crippen LogP contribution in [0.4, 0.5) is 13.2 Å². The fourth-order valence-corrected chi connectivity index (χ4v) is 3.20. The Morgan fingerprint density at radius 1 is 1.07 bits per heavy atom. The number of carbonyl (C=O) groups excluding carboxylic acids is 3. The first-order valence-corrected chi connectivity index (χ1v) is 8.78. The zero-order valence-corrected chi connectivity index (χ0v) is 15.2. The fourth-order valence-electron chi connectivity index (χ4n) is 3.20. The second-order valence-corrected chi connectivity index (χ2v) is 6.61. The molecule has 0 saturated heterocycles. The first kappa shape index (κ1) is 19.4. The zero-order valence-electron chi connectivity index (χ0n) is 15.2. The summed E-state index contributed by atoms with van der Waals surface area (Å²) in [6, 6.07) is 7.79. The molecular weight excluding hydrogens is 401 g/mol. The second kappa shape index (κ2) is 7.51. The Morgan fingerprint density at radius 2 is 1.80 bits per heavy atom. The molecule has 0 atom stereocenters. The van der Waals surface area contributed by atoms with Crippen molar-refractivity contribution in [2.24, 2.45) is 0 Å². The number of benzene rings is 2. The molecular formula is C21H13F3N2O4. The summed E-state index contributed by atoms with van der Waals surface area (Å²) in [5, 5.41) is 2.74.